The number of hydrogen-bond acceptors (Lipinski definition) is 8. The van der Waals surface area contributed by atoms with Crippen LogP contribution in [0.4, 0.5) is 17.1 Å². The molecule has 0 heterocycles. The fourth-order valence-corrected chi connectivity index (χ4v) is 4.17. The van der Waals surface area contributed by atoms with Crippen molar-refractivity contribution in [3.63, 3.8) is 0 Å². The Bertz CT molecular complexity index is 1330. The van der Waals surface area contributed by atoms with Crippen LogP contribution in [0.2, 0.25) is 5.02 Å². The van der Waals surface area contributed by atoms with Gasteiger partial charge in [-0.15, -0.1) is 0 Å². The Balaban J connectivity index is 1.81. The molecule has 0 amide bonds. The number of nitrogens with zero attached hydrogens (tertiary/aromatic N) is 2. The average molecular weight is 505 g/mol. The lowest BCUT2D eigenvalue weighted by Crippen LogP contribution is -2.13. The minimum absolute atomic E-state index is 0.0147. The molecule has 2 N–H and O–H groups in total. The van der Waals surface area contributed by atoms with Crippen molar-refractivity contribution in [1.29, 1.82) is 0 Å². The zero-order valence-corrected chi connectivity index (χ0v) is 19.8. The molecule has 12 heteroatoms. The zero-order chi connectivity index (χ0) is 24.7. The van der Waals surface area contributed by atoms with E-state index in [0.29, 0.717) is 28.7 Å². The number of nitrogens with one attached hydrogen (secondary N) is 2. The van der Waals surface area contributed by atoms with Crippen LogP contribution in [0.1, 0.15) is 12.5 Å². The van der Waals surface area contributed by atoms with E-state index < -0.39 is 20.6 Å². The summed E-state index contributed by atoms with van der Waals surface area (Å²) in [6.07, 6.45) is 1.44. The summed E-state index contributed by atoms with van der Waals surface area (Å²) in [6, 6.07) is 14.7. The van der Waals surface area contributed by atoms with Crippen LogP contribution in [-0.2, 0) is 10.0 Å². The number of ether oxygens (including phenoxy) is 2. The Morgan fingerprint density at radius 1 is 1.12 bits per heavy atom. The van der Waals surface area contributed by atoms with Crippen molar-refractivity contribution in [2.75, 3.05) is 23.9 Å². The quantitative estimate of drug-likeness (QED) is 0.228. The molecule has 0 saturated carbocycles. The van der Waals surface area contributed by atoms with Crippen LogP contribution in [0.3, 0.4) is 0 Å². The van der Waals surface area contributed by atoms with E-state index in [4.69, 9.17) is 21.1 Å². The molecule has 0 radical (unpaired) electrons. The van der Waals surface area contributed by atoms with Gasteiger partial charge in [-0.2, -0.15) is 5.10 Å². The Labute approximate surface area is 201 Å². The number of benzene rings is 3. The third-order valence-corrected chi connectivity index (χ3v) is 6.05. The van der Waals surface area contributed by atoms with Crippen LogP contribution < -0.4 is 19.6 Å². The van der Waals surface area contributed by atoms with Gasteiger partial charge in [-0.3, -0.25) is 20.3 Å². The number of hydrogen-bond donors (Lipinski definition) is 2. The Kier molecular flexibility index (Phi) is 7.92. The van der Waals surface area contributed by atoms with Crippen molar-refractivity contribution in [3.8, 4) is 11.5 Å². The normalized spacial score (nSPS) is 11.3. The summed E-state index contributed by atoms with van der Waals surface area (Å²) in [4.78, 5) is 10.6. The van der Waals surface area contributed by atoms with Gasteiger partial charge >= 0.3 is 0 Å². The summed E-state index contributed by atoms with van der Waals surface area (Å²) in [5.41, 5.74) is 3.01. The molecule has 0 unspecified atom stereocenters. The van der Waals surface area contributed by atoms with Crippen molar-refractivity contribution >= 4 is 44.9 Å². The second-order valence-corrected chi connectivity index (χ2v) is 8.88. The smallest absolute Gasteiger partial charge is 0.295 e. The summed E-state index contributed by atoms with van der Waals surface area (Å²) < 4.78 is 38.5. The molecule has 0 bridgehead atoms. The maximum Gasteiger partial charge on any atom is 0.295 e. The highest BCUT2D eigenvalue weighted by molar-refractivity contribution is 7.92. The minimum atomic E-state index is -4.09. The van der Waals surface area contributed by atoms with Crippen molar-refractivity contribution in [2.45, 2.75) is 11.8 Å². The molecule has 0 saturated heterocycles. The van der Waals surface area contributed by atoms with Crippen LogP contribution in [0.5, 0.6) is 11.5 Å². The van der Waals surface area contributed by atoms with E-state index >= 15 is 0 Å². The van der Waals surface area contributed by atoms with Gasteiger partial charge in [-0.25, -0.2) is 8.42 Å². The molecule has 34 heavy (non-hydrogen) atoms. The topological polar surface area (TPSA) is 132 Å². The third kappa shape index (κ3) is 6.15. The van der Waals surface area contributed by atoms with Gasteiger partial charge in [-0.05, 0) is 61.0 Å². The van der Waals surface area contributed by atoms with E-state index in [1.165, 1.54) is 37.6 Å². The highest BCUT2D eigenvalue weighted by atomic mass is 35.5. The first-order valence-corrected chi connectivity index (χ1v) is 11.8. The molecular formula is C22H21ClN4O6S. The lowest BCUT2D eigenvalue weighted by molar-refractivity contribution is -0.384. The van der Waals surface area contributed by atoms with Crippen molar-refractivity contribution in [3.05, 3.63) is 81.4 Å². The SMILES string of the molecule is CCOc1ccc(/C=N/Nc2ccc(S(=O)(=O)Nc3cccc(Cl)c3)cc2[N+](=O)[O-])cc1OC. The third-order valence-electron chi connectivity index (χ3n) is 4.44. The summed E-state index contributed by atoms with van der Waals surface area (Å²) in [7, 11) is -2.58. The second-order valence-electron chi connectivity index (χ2n) is 6.77. The first kappa shape index (κ1) is 24.8. The Morgan fingerprint density at radius 3 is 2.59 bits per heavy atom. The number of nitro benzene ring substituents is 1. The number of hydrazone groups is 1. The van der Waals surface area contributed by atoms with E-state index in [0.717, 1.165) is 6.07 Å². The Morgan fingerprint density at radius 2 is 1.91 bits per heavy atom. The van der Waals surface area contributed by atoms with E-state index in [1.54, 1.807) is 30.3 Å². The van der Waals surface area contributed by atoms with Gasteiger partial charge in [0.25, 0.3) is 15.7 Å². The first-order valence-electron chi connectivity index (χ1n) is 9.90. The van der Waals surface area contributed by atoms with Crippen LogP contribution in [0.15, 0.2) is 70.7 Å². The molecule has 3 rings (SSSR count). The zero-order valence-electron chi connectivity index (χ0n) is 18.2. The molecular weight excluding hydrogens is 484 g/mol. The highest BCUT2D eigenvalue weighted by Crippen LogP contribution is 2.30. The molecule has 0 atom stereocenters. The van der Waals surface area contributed by atoms with Gasteiger partial charge in [0, 0.05) is 11.1 Å². The predicted molar refractivity (Wildman–Crippen MR) is 131 cm³/mol. The molecule has 3 aromatic carbocycles. The summed E-state index contributed by atoms with van der Waals surface area (Å²) in [5, 5.41) is 15.9. The van der Waals surface area contributed by atoms with Crippen molar-refractivity contribution in [1.82, 2.24) is 0 Å². The highest BCUT2D eigenvalue weighted by Gasteiger charge is 2.21. The molecule has 0 spiro atoms. The van der Waals surface area contributed by atoms with Gasteiger partial charge < -0.3 is 9.47 Å². The average Bonchev–Trinajstić information content (AvgIpc) is 2.79. The van der Waals surface area contributed by atoms with Crippen LogP contribution in [0, 0.1) is 10.1 Å². The molecule has 0 aliphatic carbocycles. The van der Waals surface area contributed by atoms with Crippen molar-refractivity contribution < 1.29 is 22.8 Å². The van der Waals surface area contributed by atoms with Crippen LogP contribution in [-0.4, -0.2) is 33.3 Å². The minimum Gasteiger partial charge on any atom is -0.493 e. The molecule has 10 nitrogen and oxygen atoms in total. The molecule has 0 aromatic heterocycles. The standard InChI is InChI=1S/C22H21ClN4O6S/c1-3-33-21-10-7-15(11-22(21)32-2)14-24-25-19-9-8-18(13-20(19)27(28)29)34(30,31)26-17-6-4-5-16(23)12-17/h4-14,25-26H,3H2,1-2H3/b24-14+. The number of rotatable bonds is 10. The molecule has 178 valence electrons. The maximum atomic E-state index is 12.7. The summed E-state index contributed by atoms with van der Waals surface area (Å²) >= 11 is 5.88. The first-order chi connectivity index (χ1) is 16.2. The lowest BCUT2D eigenvalue weighted by atomic mass is 10.2. The van der Waals surface area contributed by atoms with Crippen LogP contribution in [0.25, 0.3) is 0 Å². The molecule has 0 fully saturated rings. The second kappa shape index (κ2) is 10.9. The van der Waals surface area contributed by atoms with Gasteiger partial charge in [0.05, 0.1) is 35.4 Å². The number of halogens is 1. The predicted octanol–water partition coefficient (Wildman–Crippen LogP) is 4.90. The number of methoxy groups -OCH3 is 1. The molecule has 0 aliphatic heterocycles. The summed E-state index contributed by atoms with van der Waals surface area (Å²) in [6.45, 7) is 2.34. The fourth-order valence-electron chi connectivity index (χ4n) is 2.91. The lowest BCUT2D eigenvalue weighted by Gasteiger charge is -2.10. The molecule has 0 aliphatic rings. The number of nitro groups is 1. The number of anilines is 2. The monoisotopic (exact) mass is 504 g/mol. The Hall–Kier alpha value is -3.83. The van der Waals surface area contributed by atoms with E-state index in [1.807, 2.05) is 6.92 Å². The molecule has 3 aromatic rings. The van der Waals surface area contributed by atoms with Gasteiger partial charge in [0.2, 0.25) is 0 Å². The van der Waals surface area contributed by atoms with Gasteiger partial charge in [0.1, 0.15) is 5.69 Å². The van der Waals surface area contributed by atoms with Gasteiger partial charge in [-0.1, -0.05) is 17.7 Å². The largest absolute Gasteiger partial charge is 0.493 e. The van der Waals surface area contributed by atoms with Crippen molar-refractivity contribution in [2.24, 2.45) is 5.10 Å². The maximum absolute atomic E-state index is 12.7. The van der Waals surface area contributed by atoms with E-state index in [9.17, 15) is 18.5 Å². The number of sulfonamides is 1. The van der Waals surface area contributed by atoms with Gasteiger partial charge in [0.15, 0.2) is 11.5 Å². The fraction of sp³-hybridized carbons (Fsp3) is 0.136. The van der Waals surface area contributed by atoms with E-state index in [-0.39, 0.29) is 16.3 Å². The van der Waals surface area contributed by atoms with Crippen LogP contribution >= 0.6 is 11.6 Å². The summed E-state index contributed by atoms with van der Waals surface area (Å²) in [5.74, 6) is 1.09. The van der Waals surface area contributed by atoms with E-state index in [2.05, 4.69) is 15.2 Å².